The van der Waals surface area contributed by atoms with Crippen LogP contribution in [0.3, 0.4) is 0 Å². The second-order valence-corrected chi connectivity index (χ2v) is 6.54. The van der Waals surface area contributed by atoms with Gasteiger partial charge in [0.25, 0.3) is 5.91 Å². The first-order valence-corrected chi connectivity index (χ1v) is 8.00. The van der Waals surface area contributed by atoms with Gasteiger partial charge in [0.2, 0.25) is 0 Å². The predicted molar refractivity (Wildman–Crippen MR) is 84.8 cm³/mol. The number of hydrogen-bond donors (Lipinski definition) is 2. The average molecular weight is 423 g/mol. The van der Waals surface area contributed by atoms with Gasteiger partial charge in [-0.3, -0.25) is 4.79 Å². The highest BCUT2D eigenvalue weighted by atomic mass is 127. The third kappa shape index (κ3) is 4.51. The standard InChI is InChI=1S/C13H16BrIN2O/c14-9-2-5-12(15)11(8-9)13(18)17-7-1-6-16-10-3-4-10/h2,5,8,10,16H,1,3-4,6-7H2,(H,17,18). The lowest BCUT2D eigenvalue weighted by Crippen LogP contribution is -2.28. The average Bonchev–Trinajstić information content (AvgIpc) is 3.15. The largest absolute Gasteiger partial charge is 0.352 e. The topological polar surface area (TPSA) is 41.1 Å². The minimum Gasteiger partial charge on any atom is -0.352 e. The lowest BCUT2D eigenvalue weighted by Gasteiger charge is -2.08. The number of carbonyl (C=O) groups is 1. The number of carbonyl (C=O) groups excluding carboxylic acids is 1. The molecule has 1 aliphatic carbocycles. The number of nitrogens with one attached hydrogen (secondary N) is 2. The van der Waals surface area contributed by atoms with Gasteiger partial charge in [-0.05, 0) is 66.6 Å². The van der Waals surface area contributed by atoms with Crippen molar-refractivity contribution in [1.82, 2.24) is 10.6 Å². The summed E-state index contributed by atoms with van der Waals surface area (Å²) in [4.78, 5) is 12.0. The molecule has 0 unspecified atom stereocenters. The van der Waals surface area contributed by atoms with Crippen molar-refractivity contribution in [3.8, 4) is 0 Å². The Morgan fingerprint density at radius 2 is 2.17 bits per heavy atom. The molecule has 98 valence electrons. The van der Waals surface area contributed by atoms with Crippen molar-refractivity contribution in [1.29, 1.82) is 0 Å². The summed E-state index contributed by atoms with van der Waals surface area (Å²) in [5.74, 6) is 0.00659. The van der Waals surface area contributed by atoms with Crippen LogP contribution in [-0.4, -0.2) is 25.0 Å². The molecule has 18 heavy (non-hydrogen) atoms. The maximum absolute atomic E-state index is 12.0. The van der Waals surface area contributed by atoms with Crippen LogP contribution in [0.15, 0.2) is 22.7 Å². The first kappa shape index (κ1) is 14.3. The Labute approximate surface area is 129 Å². The van der Waals surface area contributed by atoms with Gasteiger partial charge >= 0.3 is 0 Å². The highest BCUT2D eigenvalue weighted by Crippen LogP contribution is 2.19. The Morgan fingerprint density at radius 3 is 2.89 bits per heavy atom. The second kappa shape index (κ2) is 6.86. The van der Waals surface area contributed by atoms with Crippen molar-refractivity contribution >= 4 is 44.4 Å². The van der Waals surface area contributed by atoms with Gasteiger partial charge in [0.15, 0.2) is 0 Å². The summed E-state index contributed by atoms with van der Waals surface area (Å²) in [5, 5.41) is 6.39. The van der Waals surface area contributed by atoms with E-state index in [1.165, 1.54) is 12.8 Å². The molecule has 1 saturated carbocycles. The van der Waals surface area contributed by atoms with Crippen LogP contribution in [-0.2, 0) is 0 Å². The van der Waals surface area contributed by atoms with Gasteiger partial charge < -0.3 is 10.6 Å². The summed E-state index contributed by atoms with van der Waals surface area (Å²) < 4.78 is 1.91. The van der Waals surface area contributed by atoms with Gasteiger partial charge in [0.05, 0.1) is 5.56 Å². The highest BCUT2D eigenvalue weighted by molar-refractivity contribution is 14.1. The maximum atomic E-state index is 12.0. The summed E-state index contributed by atoms with van der Waals surface area (Å²) in [7, 11) is 0. The maximum Gasteiger partial charge on any atom is 0.252 e. The van der Waals surface area contributed by atoms with Crippen LogP contribution in [0.25, 0.3) is 0 Å². The molecule has 1 aromatic rings. The molecule has 0 bridgehead atoms. The number of halogens is 2. The summed E-state index contributed by atoms with van der Waals surface area (Å²) in [6.07, 6.45) is 3.60. The lowest BCUT2D eigenvalue weighted by atomic mass is 10.2. The molecule has 0 aromatic heterocycles. The molecule has 1 aromatic carbocycles. The molecule has 0 radical (unpaired) electrons. The number of benzene rings is 1. The second-order valence-electron chi connectivity index (χ2n) is 4.46. The van der Waals surface area contributed by atoms with E-state index in [1.54, 1.807) is 0 Å². The molecular formula is C13H16BrIN2O. The van der Waals surface area contributed by atoms with E-state index in [2.05, 4.69) is 49.2 Å². The van der Waals surface area contributed by atoms with Crippen LogP contribution in [0, 0.1) is 3.57 Å². The molecule has 0 aliphatic heterocycles. The van der Waals surface area contributed by atoms with Crippen molar-refractivity contribution < 1.29 is 4.79 Å². The SMILES string of the molecule is O=C(NCCCNC1CC1)c1cc(Br)ccc1I. The first-order valence-electron chi connectivity index (χ1n) is 6.13. The van der Waals surface area contributed by atoms with Crippen LogP contribution in [0.4, 0.5) is 0 Å². The molecule has 3 nitrogen and oxygen atoms in total. The third-order valence-corrected chi connectivity index (χ3v) is 4.26. The van der Waals surface area contributed by atoms with E-state index in [9.17, 15) is 4.79 Å². The highest BCUT2D eigenvalue weighted by Gasteiger charge is 2.19. The zero-order valence-corrected chi connectivity index (χ0v) is 13.8. The van der Waals surface area contributed by atoms with Crippen LogP contribution in [0.1, 0.15) is 29.6 Å². The van der Waals surface area contributed by atoms with E-state index in [0.717, 1.165) is 39.2 Å². The van der Waals surface area contributed by atoms with Crippen molar-refractivity contribution in [3.63, 3.8) is 0 Å². The summed E-state index contributed by atoms with van der Waals surface area (Å²) in [6.45, 7) is 1.71. The van der Waals surface area contributed by atoms with Crippen LogP contribution < -0.4 is 10.6 Å². The molecule has 0 heterocycles. The van der Waals surface area contributed by atoms with E-state index in [4.69, 9.17) is 0 Å². The monoisotopic (exact) mass is 422 g/mol. The lowest BCUT2D eigenvalue weighted by molar-refractivity contribution is 0.0952. The van der Waals surface area contributed by atoms with E-state index in [0.29, 0.717) is 0 Å². The Balaban J connectivity index is 1.74. The molecule has 0 saturated heterocycles. The van der Waals surface area contributed by atoms with E-state index in [-0.39, 0.29) is 5.91 Å². The summed E-state index contributed by atoms with van der Waals surface area (Å²) in [5.41, 5.74) is 0.736. The van der Waals surface area contributed by atoms with Crippen LogP contribution in [0.2, 0.25) is 0 Å². The Hall–Kier alpha value is -0.140. The van der Waals surface area contributed by atoms with E-state index >= 15 is 0 Å². The van der Waals surface area contributed by atoms with Crippen LogP contribution in [0.5, 0.6) is 0 Å². The first-order chi connectivity index (χ1) is 8.66. The molecule has 1 fully saturated rings. The van der Waals surface area contributed by atoms with E-state index in [1.807, 2.05) is 18.2 Å². The number of rotatable bonds is 6. The van der Waals surface area contributed by atoms with Crippen molar-refractivity contribution in [3.05, 3.63) is 31.8 Å². The molecule has 0 atom stereocenters. The smallest absolute Gasteiger partial charge is 0.252 e. The predicted octanol–water partition coefficient (Wildman–Crippen LogP) is 2.93. The summed E-state index contributed by atoms with van der Waals surface area (Å²) in [6, 6.07) is 6.48. The zero-order chi connectivity index (χ0) is 13.0. The minimum absolute atomic E-state index is 0.00659. The van der Waals surface area contributed by atoms with Gasteiger partial charge in [-0.1, -0.05) is 15.9 Å². The fourth-order valence-corrected chi connectivity index (χ4v) is 2.59. The quantitative estimate of drug-likeness (QED) is 0.546. The van der Waals surface area contributed by atoms with Gasteiger partial charge in [0, 0.05) is 20.6 Å². The zero-order valence-electron chi connectivity index (χ0n) is 10.0. The molecular weight excluding hydrogens is 407 g/mol. The Bertz CT molecular complexity index is 435. The Morgan fingerprint density at radius 1 is 1.39 bits per heavy atom. The van der Waals surface area contributed by atoms with E-state index < -0.39 is 0 Å². The van der Waals surface area contributed by atoms with Crippen molar-refractivity contribution in [2.75, 3.05) is 13.1 Å². The van der Waals surface area contributed by atoms with Crippen LogP contribution >= 0.6 is 38.5 Å². The van der Waals surface area contributed by atoms with Crippen molar-refractivity contribution in [2.45, 2.75) is 25.3 Å². The van der Waals surface area contributed by atoms with Crippen molar-refractivity contribution in [2.24, 2.45) is 0 Å². The Kier molecular flexibility index (Phi) is 5.44. The van der Waals surface area contributed by atoms with Gasteiger partial charge in [-0.15, -0.1) is 0 Å². The summed E-state index contributed by atoms with van der Waals surface area (Å²) >= 11 is 5.57. The van der Waals surface area contributed by atoms with Gasteiger partial charge in [0.1, 0.15) is 0 Å². The van der Waals surface area contributed by atoms with Gasteiger partial charge in [-0.25, -0.2) is 0 Å². The molecule has 5 heteroatoms. The molecule has 2 N–H and O–H groups in total. The molecule has 2 rings (SSSR count). The fourth-order valence-electron chi connectivity index (χ4n) is 1.65. The normalized spacial score (nSPS) is 14.6. The minimum atomic E-state index is 0.00659. The third-order valence-electron chi connectivity index (χ3n) is 2.82. The molecule has 1 amide bonds. The molecule has 0 spiro atoms. The number of amides is 1. The number of hydrogen-bond acceptors (Lipinski definition) is 2. The molecule has 1 aliphatic rings. The fraction of sp³-hybridized carbons (Fsp3) is 0.462. The van der Waals surface area contributed by atoms with Gasteiger partial charge in [-0.2, -0.15) is 0 Å².